The molecule has 0 radical (unpaired) electrons. The van der Waals surface area contributed by atoms with Crippen molar-refractivity contribution in [2.45, 2.75) is 129 Å². The van der Waals surface area contributed by atoms with Gasteiger partial charge in [0.25, 0.3) is 0 Å². The van der Waals surface area contributed by atoms with Gasteiger partial charge in [0.1, 0.15) is 6.61 Å². The molecule has 0 rings (SSSR count). The van der Waals surface area contributed by atoms with Gasteiger partial charge in [-0.3, -0.25) is 14.1 Å². The summed E-state index contributed by atoms with van der Waals surface area (Å²) in [6, 6.07) is 0. The van der Waals surface area contributed by atoms with E-state index in [0.29, 0.717) is 18.8 Å². The zero-order valence-corrected chi connectivity index (χ0v) is 29.3. The molecule has 4 atom stereocenters. The molecule has 0 aliphatic carbocycles. The van der Waals surface area contributed by atoms with Crippen molar-refractivity contribution < 1.29 is 53.3 Å². The van der Waals surface area contributed by atoms with Crippen LogP contribution in [0.1, 0.15) is 104 Å². The third-order valence-corrected chi connectivity index (χ3v) is 7.31. The number of aliphatic hydroxyl groups is 3. The van der Waals surface area contributed by atoms with Crippen LogP contribution in [0.15, 0.2) is 60.8 Å². The summed E-state index contributed by atoms with van der Waals surface area (Å²) in [6.07, 6.45) is 22.2. The second-order valence-corrected chi connectivity index (χ2v) is 13.0. The summed E-state index contributed by atoms with van der Waals surface area (Å²) in [5.74, 6) is -0.527. The van der Waals surface area contributed by atoms with Gasteiger partial charge in [0.2, 0.25) is 0 Å². The molecule has 0 saturated heterocycles. The van der Waals surface area contributed by atoms with E-state index in [-0.39, 0.29) is 25.7 Å². The van der Waals surface area contributed by atoms with Crippen LogP contribution in [0.4, 0.5) is 0 Å². The van der Waals surface area contributed by atoms with Crippen LogP contribution in [-0.2, 0) is 28.2 Å². The molecule has 0 heterocycles. The van der Waals surface area contributed by atoms with E-state index in [0.717, 1.165) is 25.7 Å². The van der Waals surface area contributed by atoms with E-state index in [2.05, 4.69) is 18.4 Å². The van der Waals surface area contributed by atoms with Gasteiger partial charge in [-0.1, -0.05) is 120 Å². The van der Waals surface area contributed by atoms with Gasteiger partial charge in [0, 0.05) is 12.8 Å². The first-order valence-electron chi connectivity index (χ1n) is 16.8. The van der Waals surface area contributed by atoms with Crippen molar-refractivity contribution in [3.63, 3.8) is 0 Å². The molecule has 0 aromatic heterocycles. The minimum Gasteiger partial charge on any atom is -0.462 e. The van der Waals surface area contributed by atoms with Crippen molar-refractivity contribution in [3.8, 4) is 0 Å². The molecular formula is C35H59O11P. The molecular weight excluding hydrogens is 627 g/mol. The molecule has 0 bridgehead atoms. The number of carbonyl (C=O) groups excluding carboxylic acids is 2. The van der Waals surface area contributed by atoms with Gasteiger partial charge in [-0.15, -0.1) is 0 Å². The number of unbranched alkanes of at least 4 members (excludes halogenated alkanes) is 5. The fourth-order valence-electron chi connectivity index (χ4n) is 4.19. The Balaban J connectivity index is 4.46. The average Bonchev–Trinajstić information content (AvgIpc) is 3.00. The number of aliphatic hydroxyl groups excluding tert-OH is 3. The summed E-state index contributed by atoms with van der Waals surface area (Å²) in [6.45, 7) is 5.36. The minimum absolute atomic E-state index is 0.0845. The summed E-state index contributed by atoms with van der Waals surface area (Å²) in [4.78, 5) is 42.5. The highest BCUT2D eigenvalue weighted by atomic mass is 31.2. The number of hydrogen-bond donors (Lipinski definition) is 5. The summed E-state index contributed by atoms with van der Waals surface area (Å²) in [7, 11) is -4.84. The van der Waals surface area contributed by atoms with E-state index in [4.69, 9.17) is 19.3 Å². The number of esters is 2. The SMILES string of the molecule is CC/C=C\C[C@H](O)/C=C/C=C/C=C\C=C/[C@@H](O)[C@H](O)CCCC(=O)O[C@H](COC(=O)CCCCCCCCC(C)C)COP(=O)(O)O. The Morgan fingerprint density at radius 3 is 1.96 bits per heavy atom. The number of carbonyl (C=O) groups is 2. The molecule has 12 heteroatoms. The fraction of sp³-hybridized carbons (Fsp3) is 0.657. The normalized spacial score (nSPS) is 15.4. The van der Waals surface area contributed by atoms with E-state index in [1.807, 2.05) is 19.1 Å². The van der Waals surface area contributed by atoms with Crippen LogP contribution in [0.2, 0.25) is 0 Å². The van der Waals surface area contributed by atoms with E-state index in [1.165, 1.54) is 25.3 Å². The zero-order chi connectivity index (χ0) is 35.3. The van der Waals surface area contributed by atoms with Crippen LogP contribution in [-0.4, -0.2) is 74.7 Å². The quantitative estimate of drug-likeness (QED) is 0.0209. The van der Waals surface area contributed by atoms with Gasteiger partial charge in [-0.25, -0.2) is 4.57 Å². The molecule has 5 N–H and O–H groups in total. The number of rotatable bonds is 28. The summed E-state index contributed by atoms with van der Waals surface area (Å²) in [5, 5.41) is 30.1. The maximum absolute atomic E-state index is 12.3. The predicted molar refractivity (Wildman–Crippen MR) is 183 cm³/mol. The van der Waals surface area contributed by atoms with E-state index in [9.17, 15) is 29.5 Å². The highest BCUT2D eigenvalue weighted by Gasteiger charge is 2.23. The third kappa shape index (κ3) is 30.7. The van der Waals surface area contributed by atoms with Crippen molar-refractivity contribution in [1.82, 2.24) is 0 Å². The molecule has 47 heavy (non-hydrogen) atoms. The number of ether oxygens (including phenoxy) is 2. The molecule has 0 amide bonds. The van der Waals surface area contributed by atoms with Crippen LogP contribution >= 0.6 is 7.82 Å². The molecule has 0 aliphatic rings. The van der Waals surface area contributed by atoms with Crippen molar-refractivity contribution in [3.05, 3.63) is 60.8 Å². The van der Waals surface area contributed by atoms with Crippen molar-refractivity contribution in [1.29, 1.82) is 0 Å². The third-order valence-electron chi connectivity index (χ3n) is 6.82. The van der Waals surface area contributed by atoms with Gasteiger partial charge in [-0.05, 0) is 38.0 Å². The van der Waals surface area contributed by atoms with E-state index in [1.54, 1.807) is 42.5 Å². The maximum Gasteiger partial charge on any atom is 0.469 e. The van der Waals surface area contributed by atoms with Crippen LogP contribution in [0.25, 0.3) is 0 Å². The Labute approximate surface area is 281 Å². The second-order valence-electron chi connectivity index (χ2n) is 11.8. The van der Waals surface area contributed by atoms with Crippen LogP contribution in [0, 0.1) is 5.92 Å². The Morgan fingerprint density at radius 1 is 0.723 bits per heavy atom. The number of phosphoric acid groups is 1. The van der Waals surface area contributed by atoms with Crippen molar-refractivity contribution in [2.24, 2.45) is 5.92 Å². The first-order valence-corrected chi connectivity index (χ1v) is 18.3. The van der Waals surface area contributed by atoms with E-state index >= 15 is 0 Å². The lowest BCUT2D eigenvalue weighted by Gasteiger charge is -2.19. The topological polar surface area (TPSA) is 180 Å². The number of allylic oxidation sites excluding steroid dienone is 7. The molecule has 11 nitrogen and oxygen atoms in total. The van der Waals surface area contributed by atoms with Crippen LogP contribution in [0.5, 0.6) is 0 Å². The molecule has 0 saturated carbocycles. The largest absolute Gasteiger partial charge is 0.469 e. The van der Waals surface area contributed by atoms with Crippen LogP contribution in [0.3, 0.4) is 0 Å². The van der Waals surface area contributed by atoms with Crippen molar-refractivity contribution in [2.75, 3.05) is 13.2 Å². The Kier molecular flexibility index (Phi) is 27.2. The summed E-state index contributed by atoms with van der Waals surface area (Å²) >= 11 is 0. The van der Waals surface area contributed by atoms with Crippen molar-refractivity contribution >= 4 is 19.8 Å². The smallest absolute Gasteiger partial charge is 0.462 e. The second kappa shape index (κ2) is 28.6. The first-order chi connectivity index (χ1) is 22.3. The van der Waals surface area contributed by atoms with Gasteiger partial charge in [0.15, 0.2) is 6.10 Å². The minimum atomic E-state index is -4.84. The van der Waals surface area contributed by atoms with Gasteiger partial charge >= 0.3 is 19.8 Å². The molecule has 0 aliphatic heterocycles. The average molecular weight is 687 g/mol. The van der Waals surface area contributed by atoms with Crippen LogP contribution < -0.4 is 0 Å². The monoisotopic (exact) mass is 686 g/mol. The molecule has 0 aromatic carbocycles. The molecule has 270 valence electrons. The fourth-order valence-corrected chi connectivity index (χ4v) is 4.55. The van der Waals surface area contributed by atoms with E-state index < -0.39 is 57.4 Å². The number of phosphoric ester groups is 1. The van der Waals surface area contributed by atoms with Gasteiger partial charge in [0.05, 0.1) is 24.9 Å². The lowest BCUT2D eigenvalue weighted by Crippen LogP contribution is -2.29. The van der Waals surface area contributed by atoms with Gasteiger partial charge in [-0.2, -0.15) is 0 Å². The predicted octanol–water partition coefficient (Wildman–Crippen LogP) is 6.16. The molecule has 0 spiro atoms. The molecule has 0 unspecified atom stereocenters. The highest BCUT2D eigenvalue weighted by Crippen LogP contribution is 2.36. The molecule has 0 fully saturated rings. The van der Waals surface area contributed by atoms with Gasteiger partial charge < -0.3 is 34.6 Å². The Morgan fingerprint density at radius 2 is 1.32 bits per heavy atom. The zero-order valence-electron chi connectivity index (χ0n) is 28.4. The Hall–Kier alpha value is -2.37. The first kappa shape index (κ1) is 44.6. The maximum atomic E-state index is 12.3. The Bertz CT molecular complexity index is 1010. The number of hydrogen-bond acceptors (Lipinski definition) is 9. The standard InChI is InChI=1S/C35H59O11P/c1-4-5-14-21-30(36)22-16-11-7-8-12-17-23-32(37)33(38)24-19-26-35(40)46-31(28-45-47(41,42)43)27-44-34(39)25-18-13-9-6-10-15-20-29(2)3/h5,7-8,11-12,14,16-17,22-23,29-33,36-38H,4,6,9-10,13,15,18-21,24-28H2,1-3H3,(H2,41,42,43)/b11-7+,12-8-,14-5-,22-16+,23-17-/t30-,31+,32+,33+/m0/s1. The summed E-state index contributed by atoms with van der Waals surface area (Å²) < 4.78 is 26.0. The molecule has 0 aromatic rings. The highest BCUT2D eigenvalue weighted by molar-refractivity contribution is 7.46. The lowest BCUT2D eigenvalue weighted by atomic mass is 10.0. The summed E-state index contributed by atoms with van der Waals surface area (Å²) in [5.41, 5.74) is 0. The lowest BCUT2D eigenvalue weighted by molar-refractivity contribution is -0.161.